The SMILES string of the molecule is CS(=O)(=O)CCCn1ncc(Cl)c(Cl)c1=O. The number of halogens is 2. The fraction of sp³-hybridized carbons (Fsp3) is 0.500. The molecule has 0 saturated heterocycles. The van der Waals surface area contributed by atoms with Gasteiger partial charge < -0.3 is 0 Å². The lowest BCUT2D eigenvalue weighted by Crippen LogP contribution is -2.24. The Morgan fingerprint density at radius 3 is 2.62 bits per heavy atom. The smallest absolute Gasteiger partial charge is 0.266 e. The van der Waals surface area contributed by atoms with Crippen molar-refractivity contribution >= 4 is 33.0 Å². The zero-order chi connectivity index (χ0) is 12.3. The van der Waals surface area contributed by atoms with Crippen LogP contribution in [0.5, 0.6) is 0 Å². The van der Waals surface area contributed by atoms with E-state index in [9.17, 15) is 13.2 Å². The molecule has 0 aliphatic heterocycles. The van der Waals surface area contributed by atoms with Gasteiger partial charge in [0.2, 0.25) is 0 Å². The first-order valence-electron chi connectivity index (χ1n) is 4.40. The zero-order valence-electron chi connectivity index (χ0n) is 8.48. The first kappa shape index (κ1) is 13.5. The highest BCUT2D eigenvalue weighted by atomic mass is 35.5. The van der Waals surface area contributed by atoms with E-state index < -0.39 is 15.4 Å². The summed E-state index contributed by atoms with van der Waals surface area (Å²) in [5, 5.41) is 3.74. The van der Waals surface area contributed by atoms with Crippen molar-refractivity contribution in [3.63, 3.8) is 0 Å². The van der Waals surface area contributed by atoms with Gasteiger partial charge in [-0.2, -0.15) is 5.10 Å². The second kappa shape index (κ2) is 5.16. The van der Waals surface area contributed by atoms with Crippen LogP contribution in [0.25, 0.3) is 0 Å². The Hall–Kier alpha value is -0.590. The van der Waals surface area contributed by atoms with Crippen LogP contribution in [0.1, 0.15) is 6.42 Å². The van der Waals surface area contributed by atoms with Crippen molar-refractivity contribution in [2.75, 3.05) is 12.0 Å². The third-order valence-electron chi connectivity index (χ3n) is 1.83. The Labute approximate surface area is 103 Å². The Kier molecular flexibility index (Phi) is 4.35. The molecule has 0 N–H and O–H groups in total. The van der Waals surface area contributed by atoms with Gasteiger partial charge in [0.15, 0.2) is 0 Å². The molecular formula is C8H10Cl2N2O3S. The molecule has 0 radical (unpaired) electrons. The lowest BCUT2D eigenvalue weighted by atomic mass is 10.4. The third-order valence-corrected chi connectivity index (χ3v) is 3.61. The molecule has 0 saturated carbocycles. The number of aromatic nitrogens is 2. The number of aryl methyl sites for hydroxylation is 1. The van der Waals surface area contributed by atoms with Gasteiger partial charge in [-0.3, -0.25) is 4.79 Å². The molecule has 0 aliphatic rings. The Morgan fingerprint density at radius 2 is 2.06 bits per heavy atom. The fourth-order valence-electron chi connectivity index (χ4n) is 1.08. The van der Waals surface area contributed by atoms with Crippen LogP contribution in [-0.2, 0) is 16.4 Å². The highest BCUT2D eigenvalue weighted by Crippen LogP contribution is 2.14. The second-order valence-corrected chi connectivity index (χ2v) is 6.36. The average Bonchev–Trinajstić information content (AvgIpc) is 2.16. The summed E-state index contributed by atoms with van der Waals surface area (Å²) in [6.07, 6.45) is 2.70. The molecule has 0 aliphatic carbocycles. The van der Waals surface area contributed by atoms with Crippen LogP contribution in [0.15, 0.2) is 11.0 Å². The highest BCUT2D eigenvalue weighted by molar-refractivity contribution is 7.90. The van der Waals surface area contributed by atoms with Crippen molar-refractivity contribution in [3.05, 3.63) is 26.6 Å². The molecule has 5 nitrogen and oxygen atoms in total. The van der Waals surface area contributed by atoms with Crippen LogP contribution in [0, 0.1) is 0 Å². The predicted molar refractivity (Wildman–Crippen MR) is 62.8 cm³/mol. The molecule has 1 heterocycles. The van der Waals surface area contributed by atoms with Crippen molar-refractivity contribution in [2.24, 2.45) is 0 Å². The van der Waals surface area contributed by atoms with Gasteiger partial charge in [0, 0.05) is 12.8 Å². The monoisotopic (exact) mass is 284 g/mol. The minimum absolute atomic E-state index is 0.00135. The van der Waals surface area contributed by atoms with Crippen LogP contribution >= 0.6 is 23.2 Å². The van der Waals surface area contributed by atoms with Crippen LogP contribution in [-0.4, -0.2) is 30.2 Å². The van der Waals surface area contributed by atoms with Crippen LogP contribution < -0.4 is 5.56 Å². The summed E-state index contributed by atoms with van der Waals surface area (Å²) < 4.78 is 22.8. The molecular weight excluding hydrogens is 275 g/mol. The maximum absolute atomic E-state index is 11.5. The highest BCUT2D eigenvalue weighted by Gasteiger charge is 2.08. The Morgan fingerprint density at radius 1 is 1.44 bits per heavy atom. The van der Waals surface area contributed by atoms with E-state index in [1.54, 1.807) is 0 Å². The van der Waals surface area contributed by atoms with Gasteiger partial charge in [-0.05, 0) is 6.42 Å². The van der Waals surface area contributed by atoms with E-state index >= 15 is 0 Å². The van der Waals surface area contributed by atoms with Crippen LogP contribution in [0.3, 0.4) is 0 Å². The van der Waals surface area contributed by atoms with Gasteiger partial charge in [-0.15, -0.1) is 0 Å². The summed E-state index contributed by atoms with van der Waals surface area (Å²) in [6.45, 7) is 0.197. The molecule has 0 aromatic carbocycles. The fourth-order valence-corrected chi connectivity index (χ4v) is 2.01. The van der Waals surface area contributed by atoms with E-state index in [-0.39, 0.29) is 22.3 Å². The quantitative estimate of drug-likeness (QED) is 0.827. The summed E-state index contributed by atoms with van der Waals surface area (Å²) in [5.41, 5.74) is -0.511. The van der Waals surface area contributed by atoms with Gasteiger partial charge >= 0.3 is 0 Å². The predicted octanol–water partition coefficient (Wildman–Crippen LogP) is 0.985. The molecule has 0 atom stereocenters. The first-order valence-corrected chi connectivity index (χ1v) is 7.22. The van der Waals surface area contributed by atoms with E-state index in [0.29, 0.717) is 6.42 Å². The number of hydrogen-bond donors (Lipinski definition) is 0. The molecule has 1 aromatic heterocycles. The summed E-state index contributed by atoms with van der Waals surface area (Å²) in [4.78, 5) is 11.5. The summed E-state index contributed by atoms with van der Waals surface area (Å²) in [5.74, 6) is 0.00135. The largest absolute Gasteiger partial charge is 0.287 e. The molecule has 0 fully saturated rings. The molecule has 16 heavy (non-hydrogen) atoms. The number of nitrogens with zero attached hydrogens (tertiary/aromatic N) is 2. The van der Waals surface area contributed by atoms with Crippen LogP contribution in [0.2, 0.25) is 10.0 Å². The van der Waals surface area contributed by atoms with E-state index in [1.165, 1.54) is 6.20 Å². The standard InChI is InChI=1S/C8H10Cl2N2O3S/c1-16(14,15)4-2-3-12-8(13)7(10)6(9)5-11-12/h5H,2-4H2,1H3. The maximum Gasteiger partial charge on any atom is 0.287 e. The summed E-state index contributed by atoms with van der Waals surface area (Å²) in [7, 11) is -3.03. The first-order chi connectivity index (χ1) is 7.31. The van der Waals surface area contributed by atoms with E-state index in [0.717, 1.165) is 10.9 Å². The van der Waals surface area contributed by atoms with Gasteiger partial charge in [0.1, 0.15) is 14.9 Å². The normalized spacial score (nSPS) is 11.7. The number of hydrogen-bond acceptors (Lipinski definition) is 4. The van der Waals surface area contributed by atoms with Crippen LogP contribution in [0.4, 0.5) is 0 Å². The molecule has 0 amide bonds. The number of sulfone groups is 1. The third kappa shape index (κ3) is 3.77. The lowest BCUT2D eigenvalue weighted by molar-refractivity contribution is 0.556. The summed E-state index contributed by atoms with van der Waals surface area (Å²) >= 11 is 11.2. The minimum atomic E-state index is -3.03. The van der Waals surface area contributed by atoms with Gasteiger partial charge in [-0.1, -0.05) is 23.2 Å². The van der Waals surface area contributed by atoms with Crippen molar-refractivity contribution in [3.8, 4) is 0 Å². The topological polar surface area (TPSA) is 69.0 Å². The average molecular weight is 285 g/mol. The molecule has 0 spiro atoms. The molecule has 8 heteroatoms. The lowest BCUT2D eigenvalue weighted by Gasteiger charge is -2.04. The van der Waals surface area contributed by atoms with Crippen molar-refractivity contribution in [1.29, 1.82) is 0 Å². The molecule has 1 rings (SSSR count). The van der Waals surface area contributed by atoms with Crippen molar-refractivity contribution < 1.29 is 8.42 Å². The molecule has 0 unspecified atom stereocenters. The van der Waals surface area contributed by atoms with Gasteiger partial charge in [-0.25, -0.2) is 13.1 Å². The Balaban J connectivity index is 2.77. The van der Waals surface area contributed by atoms with Crippen molar-refractivity contribution in [2.45, 2.75) is 13.0 Å². The molecule has 90 valence electrons. The minimum Gasteiger partial charge on any atom is -0.266 e. The maximum atomic E-state index is 11.5. The van der Waals surface area contributed by atoms with E-state index in [4.69, 9.17) is 23.2 Å². The van der Waals surface area contributed by atoms with Crippen molar-refractivity contribution in [1.82, 2.24) is 9.78 Å². The Bertz CT molecular complexity index is 539. The molecule has 0 bridgehead atoms. The van der Waals surface area contributed by atoms with Gasteiger partial charge in [0.25, 0.3) is 5.56 Å². The second-order valence-electron chi connectivity index (χ2n) is 3.32. The summed E-state index contributed by atoms with van der Waals surface area (Å²) in [6, 6.07) is 0. The van der Waals surface area contributed by atoms with Gasteiger partial charge in [0.05, 0.1) is 17.0 Å². The van der Waals surface area contributed by atoms with E-state index in [2.05, 4.69) is 5.10 Å². The molecule has 1 aromatic rings. The zero-order valence-corrected chi connectivity index (χ0v) is 10.8. The number of rotatable bonds is 4. The van der Waals surface area contributed by atoms with E-state index in [1.807, 2.05) is 0 Å².